The van der Waals surface area contributed by atoms with Gasteiger partial charge in [0.25, 0.3) is 0 Å². The summed E-state index contributed by atoms with van der Waals surface area (Å²) in [5.41, 5.74) is 5.82. The number of rotatable bonds is 6. The summed E-state index contributed by atoms with van der Waals surface area (Å²) in [7, 11) is 0. The molecule has 1 rings (SSSR count). The Balaban J connectivity index is 2.62. The first kappa shape index (κ1) is 10.7. The monoisotopic (exact) mass is 194 g/mol. The second-order valence-corrected chi connectivity index (χ2v) is 3.06. The predicted molar refractivity (Wildman–Crippen MR) is 53.1 cm³/mol. The maximum absolute atomic E-state index is 11.1. The van der Waals surface area contributed by atoms with E-state index >= 15 is 0 Å². The Hall–Kier alpha value is -1.42. The topological polar surface area (TPSA) is 65.1 Å². The second-order valence-electron chi connectivity index (χ2n) is 3.06. The molecular formula is C10H14N2O2. The predicted octanol–water partition coefficient (Wildman–Crippen LogP) is 0.609. The number of ketones is 1. The third-order valence-electron chi connectivity index (χ3n) is 2.04. The zero-order chi connectivity index (χ0) is 10.4. The fourth-order valence-electron chi connectivity index (χ4n) is 1.32. The van der Waals surface area contributed by atoms with E-state index in [9.17, 15) is 9.59 Å². The molecule has 0 unspecified atom stereocenters. The molecule has 1 heterocycles. The molecule has 0 fully saturated rings. The van der Waals surface area contributed by atoms with Crippen molar-refractivity contribution in [1.82, 2.24) is 4.57 Å². The Kier molecular flexibility index (Phi) is 4.07. The van der Waals surface area contributed by atoms with Gasteiger partial charge in [0.15, 0.2) is 6.29 Å². The number of Topliss-reactive ketones (excluding diaryl/α,β-unsaturated/α-hetero) is 1. The van der Waals surface area contributed by atoms with Crippen molar-refractivity contribution in [3.63, 3.8) is 0 Å². The van der Waals surface area contributed by atoms with Crippen molar-refractivity contribution in [3.05, 3.63) is 24.0 Å². The molecule has 0 amide bonds. The van der Waals surface area contributed by atoms with E-state index in [-0.39, 0.29) is 0 Å². The van der Waals surface area contributed by atoms with Crippen LogP contribution in [0.1, 0.15) is 23.3 Å². The average molecular weight is 194 g/mol. The van der Waals surface area contributed by atoms with Crippen LogP contribution in [-0.2, 0) is 11.3 Å². The maximum Gasteiger partial charge on any atom is 0.241 e. The molecule has 0 aliphatic rings. The molecule has 0 saturated carbocycles. The molecule has 1 aromatic rings. The largest absolute Gasteiger partial charge is 0.345 e. The first-order valence-electron chi connectivity index (χ1n) is 4.64. The van der Waals surface area contributed by atoms with Crippen molar-refractivity contribution >= 4 is 12.1 Å². The van der Waals surface area contributed by atoms with Crippen LogP contribution in [0.3, 0.4) is 0 Å². The van der Waals surface area contributed by atoms with Gasteiger partial charge in [0.1, 0.15) is 0 Å². The summed E-state index contributed by atoms with van der Waals surface area (Å²) in [6.45, 7) is 1.39. The number of hydrogen-bond donors (Lipinski definition) is 1. The average Bonchev–Trinajstić information content (AvgIpc) is 2.65. The zero-order valence-corrected chi connectivity index (χ0v) is 7.98. The molecular weight excluding hydrogens is 180 g/mol. The van der Waals surface area contributed by atoms with Crippen molar-refractivity contribution in [2.75, 3.05) is 6.54 Å². The lowest BCUT2D eigenvalue weighted by Crippen LogP contribution is -2.10. The Morgan fingerprint density at radius 3 is 2.93 bits per heavy atom. The van der Waals surface area contributed by atoms with Gasteiger partial charge in [0.05, 0.1) is 5.69 Å². The van der Waals surface area contributed by atoms with Crippen LogP contribution in [0.2, 0.25) is 0 Å². The number of nitrogens with two attached hydrogens (primary N) is 1. The molecule has 0 aromatic carbocycles. The van der Waals surface area contributed by atoms with Crippen LogP contribution in [0.25, 0.3) is 0 Å². The molecule has 0 spiro atoms. The van der Waals surface area contributed by atoms with Gasteiger partial charge in [-0.1, -0.05) is 0 Å². The number of hydrogen-bond acceptors (Lipinski definition) is 3. The lowest BCUT2D eigenvalue weighted by Gasteiger charge is -2.05. The van der Waals surface area contributed by atoms with Crippen molar-refractivity contribution in [2.24, 2.45) is 5.73 Å². The van der Waals surface area contributed by atoms with Crippen LogP contribution >= 0.6 is 0 Å². The smallest absolute Gasteiger partial charge is 0.241 e. The van der Waals surface area contributed by atoms with Gasteiger partial charge in [0.2, 0.25) is 5.78 Å². The number of unbranched alkanes of at least 4 members (excludes halogenated alkanes) is 1. The van der Waals surface area contributed by atoms with Crippen LogP contribution in [0.5, 0.6) is 0 Å². The number of aromatic nitrogens is 1. The van der Waals surface area contributed by atoms with E-state index in [0.29, 0.717) is 18.5 Å². The lowest BCUT2D eigenvalue weighted by molar-refractivity contribution is -0.104. The highest BCUT2D eigenvalue weighted by Crippen LogP contribution is 2.04. The molecule has 0 atom stereocenters. The van der Waals surface area contributed by atoms with Gasteiger partial charge < -0.3 is 10.3 Å². The van der Waals surface area contributed by atoms with E-state index in [1.54, 1.807) is 22.9 Å². The molecule has 0 radical (unpaired) electrons. The van der Waals surface area contributed by atoms with Crippen LogP contribution in [0, 0.1) is 0 Å². The van der Waals surface area contributed by atoms with Crippen molar-refractivity contribution in [3.8, 4) is 0 Å². The highest BCUT2D eigenvalue weighted by molar-refractivity contribution is 6.32. The van der Waals surface area contributed by atoms with E-state index in [1.807, 2.05) is 0 Å². The van der Waals surface area contributed by atoms with E-state index in [4.69, 9.17) is 5.73 Å². The summed E-state index contributed by atoms with van der Waals surface area (Å²) in [5, 5.41) is 0. The zero-order valence-electron chi connectivity index (χ0n) is 7.98. The molecule has 0 saturated heterocycles. The highest BCUT2D eigenvalue weighted by atomic mass is 16.2. The minimum atomic E-state index is -0.470. The minimum Gasteiger partial charge on any atom is -0.345 e. The van der Waals surface area contributed by atoms with Crippen LogP contribution < -0.4 is 5.73 Å². The molecule has 1 aromatic heterocycles. The Labute approximate surface area is 82.7 Å². The maximum atomic E-state index is 11.1. The number of aldehydes is 1. The molecule has 4 nitrogen and oxygen atoms in total. The first-order chi connectivity index (χ1) is 6.79. The number of carbonyl (C=O) groups excluding carboxylic acids is 2. The highest BCUT2D eigenvalue weighted by Gasteiger charge is 2.08. The quantitative estimate of drug-likeness (QED) is 0.312. The fourth-order valence-corrected chi connectivity index (χ4v) is 1.32. The molecule has 2 N–H and O–H groups in total. The summed E-state index contributed by atoms with van der Waals surface area (Å²) < 4.78 is 1.78. The summed E-state index contributed by atoms with van der Waals surface area (Å²) in [4.78, 5) is 21.4. The summed E-state index contributed by atoms with van der Waals surface area (Å²) in [5.74, 6) is -0.470. The van der Waals surface area contributed by atoms with E-state index < -0.39 is 5.78 Å². The third-order valence-corrected chi connectivity index (χ3v) is 2.04. The van der Waals surface area contributed by atoms with Crippen LogP contribution in [0.15, 0.2) is 18.3 Å². The van der Waals surface area contributed by atoms with Gasteiger partial charge in [-0.15, -0.1) is 0 Å². The van der Waals surface area contributed by atoms with Gasteiger partial charge in [-0.25, -0.2) is 0 Å². The molecule has 14 heavy (non-hydrogen) atoms. The van der Waals surface area contributed by atoms with E-state index in [1.165, 1.54) is 0 Å². The molecule has 0 aliphatic heterocycles. The number of aryl methyl sites for hydroxylation is 1. The van der Waals surface area contributed by atoms with Crippen molar-refractivity contribution in [2.45, 2.75) is 19.4 Å². The molecule has 76 valence electrons. The van der Waals surface area contributed by atoms with Gasteiger partial charge in [-0.05, 0) is 31.5 Å². The van der Waals surface area contributed by atoms with E-state index in [0.717, 1.165) is 19.4 Å². The number of nitrogens with zero attached hydrogens (tertiary/aromatic N) is 1. The first-order valence-corrected chi connectivity index (χ1v) is 4.64. The summed E-state index contributed by atoms with van der Waals surface area (Å²) in [6, 6.07) is 3.42. The molecule has 0 bridgehead atoms. The van der Waals surface area contributed by atoms with Gasteiger partial charge in [-0.2, -0.15) is 0 Å². The van der Waals surface area contributed by atoms with Crippen LogP contribution in [-0.4, -0.2) is 23.2 Å². The fraction of sp³-hybridized carbons (Fsp3) is 0.400. The minimum absolute atomic E-state index is 0.342. The second kappa shape index (κ2) is 5.34. The normalized spacial score (nSPS) is 10.1. The SMILES string of the molecule is NCCCCn1cccc1C(=O)C=O. The van der Waals surface area contributed by atoms with E-state index in [2.05, 4.69) is 0 Å². The van der Waals surface area contributed by atoms with Gasteiger partial charge in [-0.3, -0.25) is 9.59 Å². The summed E-state index contributed by atoms with van der Waals surface area (Å²) >= 11 is 0. The Morgan fingerprint density at radius 1 is 1.50 bits per heavy atom. The standard InChI is InChI=1S/C10H14N2O2/c11-5-1-2-6-12-7-3-4-9(12)10(14)8-13/h3-4,7-8H,1-2,5-6,11H2. The van der Waals surface area contributed by atoms with Crippen molar-refractivity contribution < 1.29 is 9.59 Å². The van der Waals surface area contributed by atoms with Crippen LogP contribution in [0.4, 0.5) is 0 Å². The van der Waals surface area contributed by atoms with Crippen molar-refractivity contribution in [1.29, 1.82) is 0 Å². The van der Waals surface area contributed by atoms with Gasteiger partial charge in [0, 0.05) is 12.7 Å². The summed E-state index contributed by atoms with van der Waals surface area (Å²) in [6.07, 6.45) is 3.99. The third kappa shape index (κ3) is 2.53. The van der Waals surface area contributed by atoms with Gasteiger partial charge >= 0.3 is 0 Å². The number of carbonyl (C=O) groups is 2. The molecule has 4 heteroatoms. The Morgan fingerprint density at radius 2 is 2.29 bits per heavy atom. The Bertz CT molecular complexity index is 318. The lowest BCUT2D eigenvalue weighted by atomic mass is 10.3. The molecule has 0 aliphatic carbocycles.